The van der Waals surface area contributed by atoms with E-state index in [1.165, 1.54) is 0 Å². The Bertz CT molecular complexity index is 1240. The normalized spacial score (nSPS) is 15.6. The second kappa shape index (κ2) is 8.14. The fraction of sp³-hybridized carbons (Fsp3) is 0.0800. The van der Waals surface area contributed by atoms with E-state index < -0.39 is 0 Å². The van der Waals surface area contributed by atoms with Gasteiger partial charge < -0.3 is 14.2 Å². The maximum absolute atomic E-state index is 12.8. The predicted octanol–water partition coefficient (Wildman–Crippen LogP) is 6.51. The molecule has 0 bridgehead atoms. The molecule has 2 aliphatic heterocycles. The molecule has 3 aromatic rings. The molecular formula is C25H16Cl2O4. The summed E-state index contributed by atoms with van der Waals surface area (Å²) in [4.78, 5) is 12.8. The lowest BCUT2D eigenvalue weighted by Crippen LogP contribution is -2.08. The SMILES string of the molecule is O=C1/C(=C/C2=Cc3ccccc3OC2)Oc2cc(OCc3c(Cl)cccc3Cl)ccc21. The van der Waals surface area contributed by atoms with Crippen molar-refractivity contribution in [3.63, 3.8) is 0 Å². The van der Waals surface area contributed by atoms with Crippen LogP contribution >= 0.6 is 23.2 Å². The molecule has 0 spiro atoms. The van der Waals surface area contributed by atoms with Gasteiger partial charge in [-0.1, -0.05) is 47.5 Å². The van der Waals surface area contributed by atoms with E-state index in [0.29, 0.717) is 39.3 Å². The number of hydrogen-bond donors (Lipinski definition) is 0. The smallest absolute Gasteiger partial charge is 0.231 e. The molecule has 0 radical (unpaired) electrons. The number of ketones is 1. The maximum Gasteiger partial charge on any atom is 0.231 e. The van der Waals surface area contributed by atoms with E-state index in [2.05, 4.69) is 0 Å². The first-order valence-corrected chi connectivity index (χ1v) is 10.4. The maximum atomic E-state index is 12.8. The van der Waals surface area contributed by atoms with Crippen LogP contribution in [0.15, 0.2) is 78.1 Å². The van der Waals surface area contributed by atoms with E-state index in [4.69, 9.17) is 37.4 Å². The topological polar surface area (TPSA) is 44.8 Å². The van der Waals surface area contributed by atoms with Gasteiger partial charge in [-0.3, -0.25) is 4.79 Å². The van der Waals surface area contributed by atoms with Gasteiger partial charge in [-0.25, -0.2) is 0 Å². The highest BCUT2D eigenvalue weighted by molar-refractivity contribution is 6.35. The zero-order valence-corrected chi connectivity index (χ0v) is 17.7. The number of fused-ring (bicyclic) bond motifs is 2. The van der Waals surface area contributed by atoms with Gasteiger partial charge in [-0.2, -0.15) is 0 Å². The Kier molecular flexibility index (Phi) is 5.18. The molecule has 0 N–H and O–H groups in total. The Morgan fingerprint density at radius 2 is 1.77 bits per heavy atom. The van der Waals surface area contributed by atoms with Crippen molar-refractivity contribution in [2.75, 3.05) is 6.61 Å². The largest absolute Gasteiger partial charge is 0.489 e. The van der Waals surface area contributed by atoms with Crippen LogP contribution in [0, 0.1) is 0 Å². The highest BCUT2D eigenvalue weighted by Crippen LogP contribution is 2.36. The molecule has 2 aliphatic rings. The van der Waals surface area contributed by atoms with Crippen molar-refractivity contribution < 1.29 is 19.0 Å². The van der Waals surface area contributed by atoms with E-state index >= 15 is 0 Å². The first-order valence-electron chi connectivity index (χ1n) is 9.65. The molecular weight excluding hydrogens is 435 g/mol. The molecule has 6 heteroatoms. The summed E-state index contributed by atoms with van der Waals surface area (Å²) < 4.78 is 17.4. The van der Waals surface area contributed by atoms with E-state index in [1.807, 2.05) is 30.3 Å². The minimum absolute atomic E-state index is 0.171. The van der Waals surface area contributed by atoms with Gasteiger partial charge in [0.15, 0.2) is 5.76 Å². The van der Waals surface area contributed by atoms with Crippen molar-refractivity contribution in [2.24, 2.45) is 0 Å². The zero-order chi connectivity index (χ0) is 21.4. The van der Waals surface area contributed by atoms with Crippen LogP contribution in [0.1, 0.15) is 21.5 Å². The Hall–Kier alpha value is -3.21. The molecule has 0 aromatic heterocycles. The molecule has 4 nitrogen and oxygen atoms in total. The van der Waals surface area contributed by atoms with Gasteiger partial charge in [-0.15, -0.1) is 0 Å². The van der Waals surface area contributed by atoms with Crippen molar-refractivity contribution in [3.05, 3.63) is 105 Å². The monoisotopic (exact) mass is 450 g/mol. The van der Waals surface area contributed by atoms with Crippen molar-refractivity contribution in [3.8, 4) is 17.2 Å². The predicted molar refractivity (Wildman–Crippen MR) is 120 cm³/mol. The quantitative estimate of drug-likeness (QED) is 0.425. The number of Topliss-reactive ketones (excluding diaryl/α,β-unsaturated/α-hetero) is 1. The minimum Gasteiger partial charge on any atom is -0.489 e. The fourth-order valence-electron chi connectivity index (χ4n) is 3.47. The lowest BCUT2D eigenvalue weighted by molar-refractivity contribution is 0.101. The number of rotatable bonds is 4. The third-order valence-corrected chi connectivity index (χ3v) is 5.77. The summed E-state index contributed by atoms with van der Waals surface area (Å²) in [5.74, 6) is 1.92. The number of carbonyl (C=O) groups excluding carboxylic acids is 1. The molecule has 3 aromatic carbocycles. The second-order valence-electron chi connectivity index (χ2n) is 7.13. The first-order chi connectivity index (χ1) is 15.1. The van der Waals surface area contributed by atoms with Crippen LogP contribution in [0.5, 0.6) is 17.2 Å². The highest BCUT2D eigenvalue weighted by Gasteiger charge is 2.28. The average molecular weight is 451 g/mol. The van der Waals surface area contributed by atoms with E-state index in [1.54, 1.807) is 42.5 Å². The minimum atomic E-state index is -0.171. The van der Waals surface area contributed by atoms with E-state index in [-0.39, 0.29) is 18.1 Å². The third kappa shape index (κ3) is 3.92. The Morgan fingerprint density at radius 1 is 0.968 bits per heavy atom. The number of benzene rings is 3. The molecule has 0 aliphatic carbocycles. The molecule has 2 heterocycles. The summed E-state index contributed by atoms with van der Waals surface area (Å²) in [6, 6.07) is 18.2. The van der Waals surface area contributed by atoms with Gasteiger partial charge in [0, 0.05) is 27.2 Å². The average Bonchev–Trinajstić information content (AvgIpc) is 3.08. The van der Waals surface area contributed by atoms with Gasteiger partial charge in [0.05, 0.1) is 5.56 Å². The Balaban J connectivity index is 1.35. The summed E-state index contributed by atoms with van der Waals surface area (Å²) in [5, 5.41) is 1.07. The van der Waals surface area contributed by atoms with Gasteiger partial charge in [0.1, 0.15) is 30.5 Å². The molecule has 0 saturated carbocycles. The van der Waals surface area contributed by atoms with Crippen molar-refractivity contribution in [1.29, 1.82) is 0 Å². The summed E-state index contributed by atoms with van der Waals surface area (Å²) >= 11 is 12.4. The van der Waals surface area contributed by atoms with Crippen LogP contribution in [0.4, 0.5) is 0 Å². The van der Waals surface area contributed by atoms with Gasteiger partial charge in [-0.05, 0) is 48.1 Å². The number of carbonyl (C=O) groups is 1. The number of para-hydroxylation sites is 1. The highest BCUT2D eigenvalue weighted by atomic mass is 35.5. The number of ether oxygens (including phenoxy) is 3. The van der Waals surface area contributed by atoms with Crippen molar-refractivity contribution >= 4 is 35.1 Å². The number of hydrogen-bond acceptors (Lipinski definition) is 4. The first kappa shape index (κ1) is 19.7. The van der Waals surface area contributed by atoms with Gasteiger partial charge >= 0.3 is 0 Å². The molecule has 0 saturated heterocycles. The van der Waals surface area contributed by atoms with Crippen LogP contribution in [-0.4, -0.2) is 12.4 Å². The third-order valence-electron chi connectivity index (χ3n) is 5.06. The lowest BCUT2D eigenvalue weighted by atomic mass is 10.1. The molecule has 31 heavy (non-hydrogen) atoms. The molecule has 0 fully saturated rings. The number of halogens is 2. The van der Waals surface area contributed by atoms with Crippen LogP contribution in [0.25, 0.3) is 6.08 Å². The Morgan fingerprint density at radius 3 is 2.61 bits per heavy atom. The summed E-state index contributed by atoms with van der Waals surface area (Å²) in [7, 11) is 0. The molecule has 154 valence electrons. The molecule has 0 atom stereocenters. The standard InChI is InChI=1S/C25H16Cl2O4/c26-20-5-3-6-21(27)19(20)14-29-17-8-9-18-23(12-17)31-24(25(18)28)11-15-10-16-4-1-2-7-22(16)30-13-15/h1-12H,13-14H2/b24-11-. The lowest BCUT2D eigenvalue weighted by Gasteiger charge is -2.15. The summed E-state index contributed by atoms with van der Waals surface area (Å²) in [6.07, 6.45) is 3.72. The van der Waals surface area contributed by atoms with E-state index in [9.17, 15) is 4.79 Å². The molecule has 0 unspecified atom stereocenters. The van der Waals surface area contributed by atoms with E-state index in [0.717, 1.165) is 16.9 Å². The summed E-state index contributed by atoms with van der Waals surface area (Å²) in [5.41, 5.74) is 3.03. The van der Waals surface area contributed by atoms with Crippen molar-refractivity contribution in [1.82, 2.24) is 0 Å². The number of allylic oxidation sites excluding steroid dienone is 1. The van der Waals surface area contributed by atoms with Crippen molar-refractivity contribution in [2.45, 2.75) is 6.61 Å². The van der Waals surface area contributed by atoms with Gasteiger partial charge in [0.25, 0.3) is 0 Å². The fourth-order valence-corrected chi connectivity index (χ4v) is 3.97. The zero-order valence-electron chi connectivity index (χ0n) is 16.2. The van der Waals surface area contributed by atoms with Crippen LogP contribution in [-0.2, 0) is 6.61 Å². The second-order valence-corrected chi connectivity index (χ2v) is 7.95. The van der Waals surface area contributed by atoms with Crippen LogP contribution in [0.3, 0.4) is 0 Å². The van der Waals surface area contributed by atoms with Crippen LogP contribution in [0.2, 0.25) is 10.0 Å². The molecule has 0 amide bonds. The summed E-state index contributed by atoms with van der Waals surface area (Å²) in [6.45, 7) is 0.581. The molecule has 5 rings (SSSR count). The van der Waals surface area contributed by atoms with Gasteiger partial charge in [0.2, 0.25) is 5.78 Å². The van der Waals surface area contributed by atoms with Crippen LogP contribution < -0.4 is 14.2 Å². The Labute approximate surface area is 189 Å².